The van der Waals surface area contributed by atoms with Crippen LogP contribution in [0.25, 0.3) is 0 Å². The number of esters is 1. The summed E-state index contributed by atoms with van der Waals surface area (Å²) in [6, 6.07) is 6.75. The minimum absolute atomic E-state index is 0. The van der Waals surface area contributed by atoms with E-state index in [0.717, 1.165) is 32.5 Å². The summed E-state index contributed by atoms with van der Waals surface area (Å²) in [6.07, 6.45) is 1.95. The number of carbonyl (C=O) groups excluding carboxylic acids is 1. The van der Waals surface area contributed by atoms with Crippen molar-refractivity contribution in [1.82, 2.24) is 4.90 Å². The quantitative estimate of drug-likeness (QED) is 0.535. The smallest absolute Gasteiger partial charge is 0.338 e. The van der Waals surface area contributed by atoms with E-state index >= 15 is 0 Å². The maximum atomic E-state index is 11.7. The standard InChI is InChI=1S/C15H22ClNO2.ClH/c1-3-17(4-2)11-5-6-12-19-15(18)13-7-9-14(16)10-8-13;/h7-10H,3-6,11-12H2,1-2H3;1H. The van der Waals surface area contributed by atoms with E-state index < -0.39 is 0 Å². The summed E-state index contributed by atoms with van der Waals surface area (Å²) in [5.74, 6) is -0.278. The van der Waals surface area contributed by atoms with Crippen molar-refractivity contribution in [3.63, 3.8) is 0 Å². The third-order valence-electron chi connectivity index (χ3n) is 3.08. The molecule has 1 aromatic rings. The fourth-order valence-corrected chi connectivity index (χ4v) is 1.94. The molecule has 0 aliphatic rings. The Balaban J connectivity index is 0.00000361. The molecular weight excluding hydrogens is 297 g/mol. The fraction of sp³-hybridized carbons (Fsp3) is 0.533. The van der Waals surface area contributed by atoms with Gasteiger partial charge in [0.2, 0.25) is 0 Å². The fourth-order valence-electron chi connectivity index (χ4n) is 1.81. The van der Waals surface area contributed by atoms with Gasteiger partial charge in [-0.1, -0.05) is 25.4 Å². The van der Waals surface area contributed by atoms with Gasteiger partial charge >= 0.3 is 5.97 Å². The highest BCUT2D eigenvalue weighted by Gasteiger charge is 2.06. The molecule has 0 amide bonds. The second-order valence-electron chi connectivity index (χ2n) is 4.38. The average molecular weight is 320 g/mol. The maximum Gasteiger partial charge on any atom is 0.338 e. The SMILES string of the molecule is CCN(CC)CCCCOC(=O)c1ccc(Cl)cc1.Cl. The molecule has 0 saturated carbocycles. The summed E-state index contributed by atoms with van der Waals surface area (Å²) in [6.45, 7) is 7.99. The first-order chi connectivity index (χ1) is 9.17. The predicted molar refractivity (Wildman–Crippen MR) is 86.0 cm³/mol. The third kappa shape index (κ3) is 7.13. The summed E-state index contributed by atoms with van der Waals surface area (Å²) in [5.41, 5.74) is 0.549. The lowest BCUT2D eigenvalue weighted by Crippen LogP contribution is -2.24. The Bertz CT molecular complexity index is 378. The molecule has 114 valence electrons. The van der Waals surface area contributed by atoms with Gasteiger partial charge in [-0.2, -0.15) is 0 Å². The van der Waals surface area contributed by atoms with Crippen LogP contribution >= 0.6 is 24.0 Å². The first-order valence-corrected chi connectivity index (χ1v) is 7.20. The molecule has 0 radical (unpaired) electrons. The molecule has 1 rings (SSSR count). The minimum Gasteiger partial charge on any atom is -0.462 e. The highest BCUT2D eigenvalue weighted by molar-refractivity contribution is 6.30. The number of nitrogens with zero attached hydrogens (tertiary/aromatic N) is 1. The van der Waals surface area contributed by atoms with Crippen molar-refractivity contribution in [3.05, 3.63) is 34.9 Å². The number of carbonyl (C=O) groups is 1. The van der Waals surface area contributed by atoms with E-state index in [-0.39, 0.29) is 18.4 Å². The molecule has 0 aliphatic heterocycles. The van der Waals surface area contributed by atoms with Crippen LogP contribution in [0.3, 0.4) is 0 Å². The van der Waals surface area contributed by atoms with Crippen molar-refractivity contribution < 1.29 is 9.53 Å². The monoisotopic (exact) mass is 319 g/mol. The second kappa shape index (κ2) is 11.0. The Labute approximate surface area is 132 Å². The van der Waals surface area contributed by atoms with E-state index in [9.17, 15) is 4.79 Å². The van der Waals surface area contributed by atoms with Crippen LogP contribution in [0, 0.1) is 0 Å². The average Bonchev–Trinajstić information content (AvgIpc) is 2.43. The van der Waals surface area contributed by atoms with Gasteiger partial charge < -0.3 is 9.64 Å². The number of hydrogen-bond donors (Lipinski definition) is 0. The van der Waals surface area contributed by atoms with Crippen molar-refractivity contribution >= 4 is 30.0 Å². The first kappa shape index (κ1) is 19.2. The Hall–Kier alpha value is -0.770. The molecule has 3 nitrogen and oxygen atoms in total. The molecule has 0 spiro atoms. The lowest BCUT2D eigenvalue weighted by atomic mass is 10.2. The largest absolute Gasteiger partial charge is 0.462 e. The number of rotatable bonds is 8. The topological polar surface area (TPSA) is 29.5 Å². The lowest BCUT2D eigenvalue weighted by Gasteiger charge is -2.17. The van der Waals surface area contributed by atoms with Crippen molar-refractivity contribution in [3.8, 4) is 0 Å². The van der Waals surface area contributed by atoms with E-state index in [1.165, 1.54) is 0 Å². The molecule has 0 aliphatic carbocycles. The molecule has 0 heterocycles. The Morgan fingerprint density at radius 3 is 2.30 bits per heavy atom. The molecule has 0 bridgehead atoms. The third-order valence-corrected chi connectivity index (χ3v) is 3.33. The van der Waals surface area contributed by atoms with Gasteiger partial charge in [0, 0.05) is 5.02 Å². The van der Waals surface area contributed by atoms with Crippen LogP contribution in [-0.4, -0.2) is 37.1 Å². The van der Waals surface area contributed by atoms with Crippen LogP contribution < -0.4 is 0 Å². The molecule has 20 heavy (non-hydrogen) atoms. The van der Waals surface area contributed by atoms with Gasteiger partial charge in [0.1, 0.15) is 0 Å². The van der Waals surface area contributed by atoms with Crippen LogP contribution in [-0.2, 0) is 4.74 Å². The van der Waals surface area contributed by atoms with Crippen molar-refractivity contribution in [1.29, 1.82) is 0 Å². The molecule has 1 aromatic carbocycles. The lowest BCUT2D eigenvalue weighted by molar-refractivity contribution is 0.0495. The Kier molecular flexibility index (Phi) is 10.5. The van der Waals surface area contributed by atoms with Gasteiger partial charge in [0.25, 0.3) is 0 Å². The number of unbranched alkanes of at least 4 members (excludes halogenated alkanes) is 1. The normalized spacial score (nSPS) is 10.2. The molecule has 0 fully saturated rings. The molecule has 0 saturated heterocycles. The van der Waals surface area contributed by atoms with Crippen molar-refractivity contribution in [2.24, 2.45) is 0 Å². The number of halogens is 2. The van der Waals surface area contributed by atoms with Gasteiger partial charge in [0.15, 0.2) is 0 Å². The highest BCUT2D eigenvalue weighted by Crippen LogP contribution is 2.10. The highest BCUT2D eigenvalue weighted by atomic mass is 35.5. The molecular formula is C15H23Cl2NO2. The zero-order valence-electron chi connectivity index (χ0n) is 12.1. The van der Waals surface area contributed by atoms with Crippen molar-refractivity contribution in [2.45, 2.75) is 26.7 Å². The number of benzene rings is 1. The van der Waals surface area contributed by atoms with Crippen LogP contribution in [0.5, 0.6) is 0 Å². The van der Waals surface area contributed by atoms with Gasteiger partial charge in [-0.25, -0.2) is 4.79 Å². The van der Waals surface area contributed by atoms with Crippen LogP contribution in [0.2, 0.25) is 5.02 Å². The van der Waals surface area contributed by atoms with Crippen LogP contribution in [0.1, 0.15) is 37.0 Å². The van der Waals surface area contributed by atoms with Crippen LogP contribution in [0.4, 0.5) is 0 Å². The van der Waals surface area contributed by atoms with Gasteiger partial charge in [0.05, 0.1) is 12.2 Å². The van der Waals surface area contributed by atoms with Gasteiger partial charge in [-0.15, -0.1) is 12.4 Å². The minimum atomic E-state index is -0.278. The second-order valence-corrected chi connectivity index (χ2v) is 4.81. The summed E-state index contributed by atoms with van der Waals surface area (Å²) < 4.78 is 5.22. The Morgan fingerprint density at radius 2 is 1.75 bits per heavy atom. The molecule has 0 aromatic heterocycles. The van der Waals surface area contributed by atoms with E-state index in [0.29, 0.717) is 17.2 Å². The summed E-state index contributed by atoms with van der Waals surface area (Å²) in [7, 11) is 0. The number of ether oxygens (including phenoxy) is 1. The molecule has 0 atom stereocenters. The predicted octanol–water partition coefficient (Wildman–Crippen LogP) is 4.04. The maximum absolute atomic E-state index is 11.7. The first-order valence-electron chi connectivity index (χ1n) is 6.82. The van der Waals surface area contributed by atoms with E-state index in [1.807, 2.05) is 0 Å². The summed E-state index contributed by atoms with van der Waals surface area (Å²) in [4.78, 5) is 14.1. The summed E-state index contributed by atoms with van der Waals surface area (Å²) >= 11 is 5.76. The van der Waals surface area contributed by atoms with Gasteiger partial charge in [-0.3, -0.25) is 0 Å². The summed E-state index contributed by atoms with van der Waals surface area (Å²) in [5, 5.41) is 0.621. The van der Waals surface area contributed by atoms with Crippen LogP contribution in [0.15, 0.2) is 24.3 Å². The van der Waals surface area contributed by atoms with E-state index in [4.69, 9.17) is 16.3 Å². The van der Waals surface area contributed by atoms with E-state index in [1.54, 1.807) is 24.3 Å². The number of hydrogen-bond acceptors (Lipinski definition) is 3. The zero-order valence-corrected chi connectivity index (χ0v) is 13.7. The van der Waals surface area contributed by atoms with E-state index in [2.05, 4.69) is 18.7 Å². The molecule has 5 heteroatoms. The zero-order chi connectivity index (χ0) is 14.1. The Morgan fingerprint density at radius 1 is 1.15 bits per heavy atom. The van der Waals surface area contributed by atoms with Crippen molar-refractivity contribution in [2.75, 3.05) is 26.2 Å². The van der Waals surface area contributed by atoms with Gasteiger partial charge in [-0.05, 0) is 56.7 Å². The molecule has 0 unspecified atom stereocenters. The molecule has 0 N–H and O–H groups in total.